The van der Waals surface area contributed by atoms with Crippen LogP contribution in [0.1, 0.15) is 29.8 Å². The van der Waals surface area contributed by atoms with Gasteiger partial charge in [0.2, 0.25) is 5.91 Å². The first kappa shape index (κ1) is 13.7. The normalized spacial score (nSPS) is 11.2. The highest BCUT2D eigenvalue weighted by molar-refractivity contribution is 5.97. The fourth-order valence-electron chi connectivity index (χ4n) is 1.40. The maximum Gasteiger partial charge on any atom is 0.251 e. The van der Waals surface area contributed by atoms with Gasteiger partial charge in [0.05, 0.1) is 11.6 Å². The van der Waals surface area contributed by atoms with Gasteiger partial charge >= 0.3 is 0 Å². The topological polar surface area (TPSA) is 82.0 Å². The van der Waals surface area contributed by atoms with Gasteiger partial charge in [-0.2, -0.15) is 5.26 Å². The van der Waals surface area contributed by atoms with Crippen LogP contribution >= 0.6 is 0 Å². The lowest BCUT2D eigenvalue weighted by atomic mass is 10.1. The van der Waals surface area contributed by atoms with Crippen molar-refractivity contribution in [2.75, 3.05) is 6.54 Å². The molecule has 0 bridgehead atoms. The van der Waals surface area contributed by atoms with Gasteiger partial charge in [-0.3, -0.25) is 9.59 Å². The van der Waals surface area contributed by atoms with E-state index >= 15 is 0 Å². The molecule has 0 radical (unpaired) electrons. The van der Waals surface area contributed by atoms with Gasteiger partial charge in [-0.1, -0.05) is 6.07 Å². The Balaban J connectivity index is 2.71. The van der Waals surface area contributed by atoms with E-state index in [0.29, 0.717) is 17.7 Å². The number of hydrogen-bond acceptors (Lipinski definition) is 3. The highest BCUT2D eigenvalue weighted by Gasteiger charge is 2.15. The average Bonchev–Trinajstić information content (AvgIpc) is 2.39. The Morgan fingerprint density at radius 2 is 2.17 bits per heavy atom. The van der Waals surface area contributed by atoms with Crippen LogP contribution in [-0.2, 0) is 4.79 Å². The predicted octanol–water partition coefficient (Wildman–Crippen LogP) is 0.813. The molecule has 0 saturated carbocycles. The Labute approximate surface area is 106 Å². The van der Waals surface area contributed by atoms with Crippen molar-refractivity contribution >= 4 is 11.8 Å². The van der Waals surface area contributed by atoms with Crippen molar-refractivity contribution in [3.8, 4) is 6.07 Å². The Kier molecular flexibility index (Phi) is 4.88. The van der Waals surface area contributed by atoms with E-state index in [1.54, 1.807) is 25.1 Å². The molecule has 0 aliphatic carbocycles. The maximum absolute atomic E-state index is 11.8. The van der Waals surface area contributed by atoms with Crippen LogP contribution in [0.4, 0.5) is 0 Å². The third kappa shape index (κ3) is 3.59. The Bertz CT molecular complexity index is 491. The van der Waals surface area contributed by atoms with Gasteiger partial charge in [-0.15, -0.1) is 0 Å². The van der Waals surface area contributed by atoms with Gasteiger partial charge in [0.25, 0.3) is 5.91 Å². The van der Waals surface area contributed by atoms with Crippen LogP contribution in [-0.4, -0.2) is 24.4 Å². The second-order valence-corrected chi connectivity index (χ2v) is 3.78. The van der Waals surface area contributed by atoms with Gasteiger partial charge in [0.15, 0.2) is 0 Å². The SMILES string of the molecule is CCNC(=O)[C@@H](C)NC(=O)c1cccc(C#N)c1. The molecular formula is C13H15N3O2. The van der Waals surface area contributed by atoms with Crippen LogP contribution in [0.15, 0.2) is 24.3 Å². The smallest absolute Gasteiger partial charge is 0.251 e. The summed E-state index contributed by atoms with van der Waals surface area (Å²) in [5, 5.41) is 13.9. The molecule has 1 aromatic carbocycles. The number of amides is 2. The van der Waals surface area contributed by atoms with E-state index in [2.05, 4.69) is 10.6 Å². The summed E-state index contributed by atoms with van der Waals surface area (Å²) in [4.78, 5) is 23.3. The van der Waals surface area contributed by atoms with Crippen molar-refractivity contribution in [1.82, 2.24) is 10.6 Å². The quantitative estimate of drug-likeness (QED) is 0.823. The number of likely N-dealkylation sites (N-methyl/N-ethyl adjacent to an activating group) is 1. The van der Waals surface area contributed by atoms with Crippen LogP contribution in [0.5, 0.6) is 0 Å². The van der Waals surface area contributed by atoms with Crippen molar-refractivity contribution in [2.45, 2.75) is 19.9 Å². The van der Waals surface area contributed by atoms with Crippen LogP contribution in [0, 0.1) is 11.3 Å². The number of nitrogens with zero attached hydrogens (tertiary/aromatic N) is 1. The number of rotatable bonds is 4. The monoisotopic (exact) mass is 245 g/mol. The second kappa shape index (κ2) is 6.40. The molecule has 0 unspecified atom stereocenters. The first-order chi connectivity index (χ1) is 8.58. The summed E-state index contributed by atoms with van der Waals surface area (Å²) >= 11 is 0. The van der Waals surface area contributed by atoms with E-state index < -0.39 is 6.04 Å². The second-order valence-electron chi connectivity index (χ2n) is 3.78. The summed E-state index contributed by atoms with van der Waals surface area (Å²) < 4.78 is 0. The maximum atomic E-state index is 11.8. The number of hydrogen-bond donors (Lipinski definition) is 2. The molecule has 0 aliphatic heterocycles. The van der Waals surface area contributed by atoms with Gasteiger partial charge < -0.3 is 10.6 Å². The van der Waals surface area contributed by atoms with Crippen molar-refractivity contribution in [2.24, 2.45) is 0 Å². The van der Waals surface area contributed by atoms with Gasteiger partial charge in [0.1, 0.15) is 6.04 Å². The van der Waals surface area contributed by atoms with Gasteiger partial charge in [-0.25, -0.2) is 0 Å². The molecule has 2 N–H and O–H groups in total. The lowest BCUT2D eigenvalue weighted by molar-refractivity contribution is -0.122. The lowest BCUT2D eigenvalue weighted by Crippen LogP contribution is -2.44. The third-order valence-electron chi connectivity index (χ3n) is 2.35. The number of benzene rings is 1. The minimum atomic E-state index is -0.608. The minimum absolute atomic E-state index is 0.234. The van der Waals surface area contributed by atoms with E-state index in [1.165, 1.54) is 6.07 Å². The van der Waals surface area contributed by atoms with E-state index in [-0.39, 0.29) is 11.8 Å². The highest BCUT2D eigenvalue weighted by Crippen LogP contribution is 2.04. The molecule has 0 aromatic heterocycles. The predicted molar refractivity (Wildman–Crippen MR) is 66.8 cm³/mol. The van der Waals surface area contributed by atoms with Crippen LogP contribution in [0.3, 0.4) is 0 Å². The molecule has 0 saturated heterocycles. The summed E-state index contributed by atoms with van der Waals surface area (Å²) in [7, 11) is 0. The standard InChI is InChI=1S/C13H15N3O2/c1-3-15-12(17)9(2)16-13(18)11-6-4-5-10(7-11)8-14/h4-7,9H,3H2,1-2H3,(H,15,17)(H,16,18)/t9-/m1/s1. The number of carbonyl (C=O) groups excluding carboxylic acids is 2. The fraction of sp³-hybridized carbons (Fsp3) is 0.308. The molecule has 1 atom stereocenters. The Morgan fingerprint density at radius 3 is 2.78 bits per heavy atom. The van der Waals surface area contributed by atoms with Crippen molar-refractivity contribution in [3.05, 3.63) is 35.4 Å². The van der Waals surface area contributed by atoms with E-state index in [4.69, 9.17) is 5.26 Å². The van der Waals surface area contributed by atoms with Gasteiger partial charge in [0, 0.05) is 12.1 Å². The summed E-state index contributed by atoms with van der Waals surface area (Å²) in [6.45, 7) is 3.93. The summed E-state index contributed by atoms with van der Waals surface area (Å²) in [5.74, 6) is -0.604. The summed E-state index contributed by atoms with van der Waals surface area (Å²) in [5.41, 5.74) is 0.776. The number of nitrogens with one attached hydrogen (secondary N) is 2. The molecule has 0 aliphatic rings. The van der Waals surface area contributed by atoms with Crippen molar-refractivity contribution in [1.29, 1.82) is 5.26 Å². The van der Waals surface area contributed by atoms with Crippen molar-refractivity contribution < 1.29 is 9.59 Å². The molecule has 1 aromatic rings. The lowest BCUT2D eigenvalue weighted by Gasteiger charge is -2.13. The summed E-state index contributed by atoms with van der Waals surface area (Å²) in [6.07, 6.45) is 0. The molecular weight excluding hydrogens is 230 g/mol. The van der Waals surface area contributed by atoms with Crippen molar-refractivity contribution in [3.63, 3.8) is 0 Å². The first-order valence-corrected chi connectivity index (χ1v) is 5.67. The van der Waals surface area contributed by atoms with Crippen LogP contribution in [0.25, 0.3) is 0 Å². The zero-order valence-corrected chi connectivity index (χ0v) is 10.4. The fourth-order valence-corrected chi connectivity index (χ4v) is 1.40. The molecule has 5 heteroatoms. The molecule has 0 fully saturated rings. The summed E-state index contributed by atoms with van der Waals surface area (Å²) in [6, 6.07) is 7.68. The highest BCUT2D eigenvalue weighted by atomic mass is 16.2. The molecule has 1 rings (SSSR count). The molecule has 0 heterocycles. The zero-order valence-electron chi connectivity index (χ0n) is 10.4. The van der Waals surface area contributed by atoms with E-state index in [1.807, 2.05) is 13.0 Å². The Hall–Kier alpha value is -2.35. The number of carbonyl (C=O) groups is 2. The zero-order chi connectivity index (χ0) is 13.5. The van der Waals surface area contributed by atoms with Crippen LogP contribution in [0.2, 0.25) is 0 Å². The van der Waals surface area contributed by atoms with Crippen LogP contribution < -0.4 is 10.6 Å². The molecule has 0 spiro atoms. The van der Waals surface area contributed by atoms with E-state index in [0.717, 1.165) is 0 Å². The minimum Gasteiger partial charge on any atom is -0.355 e. The molecule has 18 heavy (non-hydrogen) atoms. The third-order valence-corrected chi connectivity index (χ3v) is 2.35. The molecule has 5 nitrogen and oxygen atoms in total. The largest absolute Gasteiger partial charge is 0.355 e. The first-order valence-electron chi connectivity index (χ1n) is 5.67. The average molecular weight is 245 g/mol. The molecule has 2 amide bonds. The molecule has 94 valence electrons. The van der Waals surface area contributed by atoms with Gasteiger partial charge in [-0.05, 0) is 32.0 Å². The van der Waals surface area contributed by atoms with E-state index in [9.17, 15) is 9.59 Å². The number of nitriles is 1. The Morgan fingerprint density at radius 1 is 1.44 bits per heavy atom.